The molecule has 2 aromatic rings. The molecule has 0 aliphatic carbocycles. The van der Waals surface area contributed by atoms with E-state index in [2.05, 4.69) is 15.4 Å². The van der Waals surface area contributed by atoms with Gasteiger partial charge in [0.05, 0.1) is 17.9 Å². The topological polar surface area (TPSA) is 72.3 Å². The maximum absolute atomic E-state index is 12.8. The minimum absolute atomic E-state index is 0.0843. The van der Waals surface area contributed by atoms with E-state index in [1.165, 1.54) is 0 Å². The maximum atomic E-state index is 12.8. The summed E-state index contributed by atoms with van der Waals surface area (Å²) in [5.41, 5.74) is 3.49. The minimum Gasteiger partial charge on any atom is -0.369 e. The van der Waals surface area contributed by atoms with Crippen LogP contribution < -0.4 is 10.2 Å². The van der Waals surface area contributed by atoms with Crippen molar-refractivity contribution in [1.82, 2.24) is 20.1 Å². The van der Waals surface area contributed by atoms with E-state index in [-0.39, 0.29) is 18.1 Å². The van der Waals surface area contributed by atoms with Gasteiger partial charge in [-0.25, -0.2) is 4.98 Å². The monoisotopic (exact) mass is 343 g/mol. The molecule has 25 heavy (non-hydrogen) atoms. The van der Waals surface area contributed by atoms with E-state index in [9.17, 15) is 4.79 Å². The molecule has 0 saturated carbocycles. The Morgan fingerprint density at radius 3 is 2.92 bits per heavy atom. The first-order valence-electron chi connectivity index (χ1n) is 8.48. The number of ether oxygens (including phenoxy) is 1. The van der Waals surface area contributed by atoms with Crippen molar-refractivity contribution in [3.05, 3.63) is 40.8 Å². The molecule has 0 bridgehead atoms. The second-order valence-electron chi connectivity index (χ2n) is 6.73. The number of hydrogen-bond acceptors (Lipinski definition) is 5. The summed E-state index contributed by atoms with van der Waals surface area (Å²) in [6.45, 7) is 4.44. The van der Waals surface area contributed by atoms with Crippen LogP contribution in [0.25, 0.3) is 0 Å². The molecule has 1 aliphatic heterocycles. The lowest BCUT2D eigenvalue weighted by molar-refractivity contribution is -0.00710. The standard InChI is InChI=1S/C18H25N5O2/c1-11-8-14-16(12(2)25-11)21-23(5)17(14)18(24)20-10-13-6-7-19-15(9-13)22(3)4/h6-7,9,11-12H,8,10H2,1-5H3,(H,20,24)/t11-,12+/m1/s1. The van der Waals surface area contributed by atoms with Gasteiger partial charge in [0.1, 0.15) is 11.5 Å². The van der Waals surface area contributed by atoms with E-state index in [0.29, 0.717) is 18.7 Å². The first-order valence-corrected chi connectivity index (χ1v) is 8.48. The molecule has 0 aromatic carbocycles. The smallest absolute Gasteiger partial charge is 0.270 e. The van der Waals surface area contributed by atoms with E-state index in [1.807, 2.05) is 45.0 Å². The number of carbonyl (C=O) groups is 1. The molecule has 3 heterocycles. The lowest BCUT2D eigenvalue weighted by Gasteiger charge is -2.24. The fourth-order valence-corrected chi connectivity index (χ4v) is 3.23. The van der Waals surface area contributed by atoms with Gasteiger partial charge in [-0.2, -0.15) is 5.10 Å². The normalized spacial score (nSPS) is 19.4. The van der Waals surface area contributed by atoms with Gasteiger partial charge in [0.2, 0.25) is 0 Å². The Bertz CT molecular complexity index is 784. The zero-order chi connectivity index (χ0) is 18.1. The van der Waals surface area contributed by atoms with Gasteiger partial charge >= 0.3 is 0 Å². The van der Waals surface area contributed by atoms with Crippen LogP contribution in [0.5, 0.6) is 0 Å². The molecule has 7 heteroatoms. The number of pyridine rings is 1. The number of fused-ring (bicyclic) bond motifs is 1. The van der Waals surface area contributed by atoms with E-state index >= 15 is 0 Å². The predicted octanol–water partition coefficient (Wildman–Crippen LogP) is 1.83. The van der Waals surface area contributed by atoms with Crippen molar-refractivity contribution in [2.45, 2.75) is 39.0 Å². The molecule has 0 saturated heterocycles. The van der Waals surface area contributed by atoms with Crippen molar-refractivity contribution in [2.75, 3.05) is 19.0 Å². The Balaban J connectivity index is 1.77. The summed E-state index contributed by atoms with van der Waals surface area (Å²) < 4.78 is 7.47. The molecule has 1 N–H and O–H groups in total. The average molecular weight is 343 g/mol. The van der Waals surface area contributed by atoms with Crippen LogP contribution in [-0.2, 0) is 24.8 Å². The highest BCUT2D eigenvalue weighted by atomic mass is 16.5. The van der Waals surface area contributed by atoms with Gasteiger partial charge in [0, 0.05) is 45.9 Å². The summed E-state index contributed by atoms with van der Waals surface area (Å²) in [5.74, 6) is 0.755. The van der Waals surface area contributed by atoms with Gasteiger partial charge in [-0.3, -0.25) is 9.48 Å². The summed E-state index contributed by atoms with van der Waals surface area (Å²) in [6, 6.07) is 3.88. The summed E-state index contributed by atoms with van der Waals surface area (Å²) in [4.78, 5) is 19.0. The predicted molar refractivity (Wildman–Crippen MR) is 95.6 cm³/mol. The second kappa shape index (κ2) is 6.84. The van der Waals surface area contributed by atoms with Gasteiger partial charge in [-0.15, -0.1) is 0 Å². The van der Waals surface area contributed by atoms with E-state index in [1.54, 1.807) is 17.9 Å². The Morgan fingerprint density at radius 2 is 2.20 bits per heavy atom. The van der Waals surface area contributed by atoms with Gasteiger partial charge in [-0.05, 0) is 31.5 Å². The fraction of sp³-hybridized carbons (Fsp3) is 0.500. The van der Waals surface area contributed by atoms with Crippen molar-refractivity contribution in [2.24, 2.45) is 7.05 Å². The van der Waals surface area contributed by atoms with Crippen LogP contribution in [0.3, 0.4) is 0 Å². The molecular formula is C18H25N5O2. The zero-order valence-corrected chi connectivity index (χ0v) is 15.4. The van der Waals surface area contributed by atoms with Crippen LogP contribution in [0.1, 0.15) is 47.3 Å². The number of anilines is 1. The Labute approximate surface area is 148 Å². The summed E-state index contributed by atoms with van der Waals surface area (Å²) >= 11 is 0. The molecule has 0 radical (unpaired) electrons. The molecule has 2 atom stereocenters. The van der Waals surface area contributed by atoms with Crippen molar-refractivity contribution in [3.63, 3.8) is 0 Å². The summed E-state index contributed by atoms with van der Waals surface area (Å²) in [7, 11) is 5.69. The SMILES string of the molecule is C[C@@H]1Cc2c(nn(C)c2C(=O)NCc2ccnc(N(C)C)c2)[C@H](C)O1. The summed E-state index contributed by atoms with van der Waals surface area (Å²) in [5, 5.41) is 7.50. The number of nitrogens with zero attached hydrogens (tertiary/aromatic N) is 4. The first kappa shape index (κ1) is 17.4. The van der Waals surface area contributed by atoms with Crippen molar-refractivity contribution < 1.29 is 9.53 Å². The number of rotatable bonds is 4. The van der Waals surface area contributed by atoms with Crippen LogP contribution >= 0.6 is 0 Å². The maximum Gasteiger partial charge on any atom is 0.270 e. The minimum atomic E-state index is -0.110. The molecule has 1 aliphatic rings. The number of amides is 1. The number of aromatic nitrogens is 3. The third kappa shape index (κ3) is 3.51. The molecule has 3 rings (SSSR count). The van der Waals surface area contributed by atoms with Gasteiger partial charge in [-0.1, -0.05) is 0 Å². The molecule has 2 aromatic heterocycles. The van der Waals surface area contributed by atoms with Crippen LogP contribution in [0.15, 0.2) is 18.3 Å². The second-order valence-corrected chi connectivity index (χ2v) is 6.73. The van der Waals surface area contributed by atoms with E-state index < -0.39 is 0 Å². The highest BCUT2D eigenvalue weighted by Gasteiger charge is 2.31. The highest BCUT2D eigenvalue weighted by Crippen LogP contribution is 2.31. The zero-order valence-electron chi connectivity index (χ0n) is 15.4. The quantitative estimate of drug-likeness (QED) is 0.917. The van der Waals surface area contributed by atoms with Crippen LogP contribution in [-0.4, -0.2) is 40.9 Å². The number of aryl methyl sites for hydroxylation is 1. The average Bonchev–Trinajstić information content (AvgIpc) is 2.89. The lowest BCUT2D eigenvalue weighted by Crippen LogP contribution is -2.28. The largest absolute Gasteiger partial charge is 0.369 e. The Hall–Kier alpha value is -2.41. The van der Waals surface area contributed by atoms with E-state index in [4.69, 9.17) is 4.74 Å². The molecule has 0 fully saturated rings. The van der Waals surface area contributed by atoms with Crippen molar-refractivity contribution >= 4 is 11.7 Å². The van der Waals surface area contributed by atoms with Crippen LogP contribution in [0, 0.1) is 0 Å². The number of hydrogen-bond donors (Lipinski definition) is 1. The van der Waals surface area contributed by atoms with Crippen molar-refractivity contribution in [1.29, 1.82) is 0 Å². The number of carbonyl (C=O) groups excluding carboxylic acids is 1. The van der Waals surface area contributed by atoms with Crippen LogP contribution in [0.2, 0.25) is 0 Å². The van der Waals surface area contributed by atoms with Gasteiger partial charge in [0.15, 0.2) is 0 Å². The summed E-state index contributed by atoms with van der Waals surface area (Å²) in [6.07, 6.45) is 2.45. The first-order chi connectivity index (χ1) is 11.9. The molecule has 0 unspecified atom stereocenters. The van der Waals surface area contributed by atoms with E-state index in [0.717, 1.165) is 22.6 Å². The fourth-order valence-electron chi connectivity index (χ4n) is 3.23. The van der Waals surface area contributed by atoms with Crippen LogP contribution in [0.4, 0.5) is 5.82 Å². The molecular weight excluding hydrogens is 318 g/mol. The third-order valence-corrected chi connectivity index (χ3v) is 4.43. The molecule has 7 nitrogen and oxygen atoms in total. The van der Waals surface area contributed by atoms with Gasteiger partial charge < -0.3 is 15.0 Å². The lowest BCUT2D eigenvalue weighted by atomic mass is 9.99. The molecule has 1 amide bonds. The Morgan fingerprint density at radius 1 is 1.44 bits per heavy atom. The number of nitrogens with one attached hydrogen (secondary N) is 1. The van der Waals surface area contributed by atoms with Crippen molar-refractivity contribution in [3.8, 4) is 0 Å². The Kier molecular flexibility index (Phi) is 4.76. The highest BCUT2D eigenvalue weighted by molar-refractivity contribution is 5.94. The van der Waals surface area contributed by atoms with Gasteiger partial charge in [0.25, 0.3) is 5.91 Å². The molecule has 134 valence electrons. The molecule has 0 spiro atoms. The third-order valence-electron chi connectivity index (χ3n) is 4.43.